The zero-order valence-electron chi connectivity index (χ0n) is 12.0. The quantitative estimate of drug-likeness (QED) is 0.626. The van der Waals surface area contributed by atoms with E-state index in [-0.39, 0.29) is 5.82 Å². The van der Waals surface area contributed by atoms with Crippen LogP contribution in [0.5, 0.6) is 0 Å². The van der Waals surface area contributed by atoms with Gasteiger partial charge in [-0.3, -0.25) is 0 Å². The van der Waals surface area contributed by atoms with Gasteiger partial charge in [0.1, 0.15) is 17.8 Å². The van der Waals surface area contributed by atoms with Crippen molar-refractivity contribution >= 4 is 11.5 Å². The van der Waals surface area contributed by atoms with Crippen LogP contribution in [-0.4, -0.2) is 41.1 Å². The molecular weight excluding hydrogens is 314 g/mol. The molecule has 0 radical (unpaired) electrons. The zero-order valence-corrected chi connectivity index (χ0v) is 12.0. The lowest BCUT2D eigenvalue weighted by molar-refractivity contribution is -0.141. The van der Waals surface area contributed by atoms with Gasteiger partial charge in [-0.15, -0.1) is 0 Å². The summed E-state index contributed by atoms with van der Waals surface area (Å²) in [5, 5.41) is 0. The van der Waals surface area contributed by atoms with Crippen molar-refractivity contribution in [3.63, 3.8) is 0 Å². The van der Waals surface area contributed by atoms with Crippen LogP contribution in [0, 0.1) is 5.95 Å². The molecule has 0 saturated carbocycles. The van der Waals surface area contributed by atoms with Gasteiger partial charge in [-0.1, -0.05) is 0 Å². The SMILES string of the molecule is Fc1cc(N2CCN(c3cc(C(F)(F)F)ncn3)CC2)ccn1. The second-order valence-electron chi connectivity index (χ2n) is 5.07. The number of aromatic nitrogens is 3. The van der Waals surface area contributed by atoms with E-state index in [1.807, 2.05) is 4.90 Å². The van der Waals surface area contributed by atoms with Crippen molar-refractivity contribution in [1.82, 2.24) is 15.0 Å². The van der Waals surface area contributed by atoms with Gasteiger partial charge in [0.15, 0.2) is 0 Å². The minimum atomic E-state index is -4.49. The molecule has 0 unspecified atom stereocenters. The Hall–Kier alpha value is -2.45. The Morgan fingerprint density at radius 1 is 0.913 bits per heavy atom. The topological polar surface area (TPSA) is 45.2 Å². The Kier molecular flexibility index (Phi) is 4.01. The summed E-state index contributed by atoms with van der Waals surface area (Å²) in [5.41, 5.74) is -0.253. The molecule has 2 aromatic rings. The first-order valence-electron chi connectivity index (χ1n) is 6.94. The molecule has 0 amide bonds. The van der Waals surface area contributed by atoms with Crippen molar-refractivity contribution < 1.29 is 17.6 Å². The van der Waals surface area contributed by atoms with Gasteiger partial charge in [-0.2, -0.15) is 17.6 Å². The summed E-state index contributed by atoms with van der Waals surface area (Å²) in [6, 6.07) is 3.98. The second kappa shape index (κ2) is 5.98. The van der Waals surface area contributed by atoms with Crippen LogP contribution in [0.4, 0.5) is 29.1 Å². The molecule has 2 aromatic heterocycles. The van der Waals surface area contributed by atoms with E-state index in [1.165, 1.54) is 12.3 Å². The van der Waals surface area contributed by atoms with Crippen molar-refractivity contribution in [3.05, 3.63) is 42.4 Å². The summed E-state index contributed by atoms with van der Waals surface area (Å²) < 4.78 is 51.2. The van der Waals surface area contributed by atoms with Crippen LogP contribution in [0.25, 0.3) is 0 Å². The molecule has 122 valence electrons. The zero-order chi connectivity index (χ0) is 16.4. The molecule has 0 spiro atoms. The van der Waals surface area contributed by atoms with Crippen molar-refractivity contribution in [2.45, 2.75) is 6.18 Å². The first-order chi connectivity index (χ1) is 10.9. The highest BCUT2D eigenvalue weighted by molar-refractivity contribution is 5.48. The normalized spacial score (nSPS) is 15.8. The molecule has 1 fully saturated rings. The largest absolute Gasteiger partial charge is 0.433 e. The van der Waals surface area contributed by atoms with E-state index in [1.54, 1.807) is 11.0 Å². The fourth-order valence-corrected chi connectivity index (χ4v) is 2.46. The fraction of sp³-hybridized carbons (Fsp3) is 0.357. The molecule has 0 atom stereocenters. The van der Waals surface area contributed by atoms with Gasteiger partial charge in [0.2, 0.25) is 5.95 Å². The van der Waals surface area contributed by atoms with Gasteiger partial charge in [-0.05, 0) is 6.07 Å². The maximum atomic E-state index is 13.1. The Balaban J connectivity index is 1.70. The van der Waals surface area contributed by atoms with Crippen molar-refractivity contribution in [3.8, 4) is 0 Å². The molecule has 23 heavy (non-hydrogen) atoms. The van der Waals surface area contributed by atoms with Crippen molar-refractivity contribution in [1.29, 1.82) is 0 Å². The van der Waals surface area contributed by atoms with Crippen LogP contribution < -0.4 is 9.80 Å². The van der Waals surface area contributed by atoms with E-state index in [0.29, 0.717) is 31.9 Å². The van der Waals surface area contributed by atoms with Crippen LogP contribution in [-0.2, 0) is 6.18 Å². The molecule has 3 heterocycles. The van der Waals surface area contributed by atoms with E-state index in [9.17, 15) is 17.6 Å². The second-order valence-corrected chi connectivity index (χ2v) is 5.07. The van der Waals surface area contributed by atoms with E-state index < -0.39 is 17.8 Å². The average Bonchev–Trinajstić information content (AvgIpc) is 2.54. The number of pyridine rings is 1. The third-order valence-corrected chi connectivity index (χ3v) is 3.62. The molecule has 0 aliphatic carbocycles. The van der Waals surface area contributed by atoms with E-state index in [2.05, 4.69) is 15.0 Å². The van der Waals surface area contributed by atoms with Gasteiger partial charge < -0.3 is 9.80 Å². The number of alkyl halides is 3. The van der Waals surface area contributed by atoms with Gasteiger partial charge in [-0.25, -0.2) is 15.0 Å². The smallest absolute Gasteiger partial charge is 0.368 e. The maximum Gasteiger partial charge on any atom is 0.433 e. The van der Waals surface area contributed by atoms with Crippen LogP contribution in [0.2, 0.25) is 0 Å². The Morgan fingerprint density at radius 2 is 1.61 bits per heavy atom. The summed E-state index contributed by atoms with van der Waals surface area (Å²) in [7, 11) is 0. The van der Waals surface area contributed by atoms with Crippen LogP contribution >= 0.6 is 0 Å². The minimum absolute atomic E-state index is 0.243. The van der Waals surface area contributed by atoms with Gasteiger partial charge in [0, 0.05) is 50.2 Å². The molecule has 5 nitrogen and oxygen atoms in total. The fourth-order valence-electron chi connectivity index (χ4n) is 2.46. The molecule has 0 bridgehead atoms. The lowest BCUT2D eigenvalue weighted by atomic mass is 10.2. The standard InChI is InChI=1S/C14H13F4N5/c15-12-7-10(1-2-19-12)22-3-5-23(6-4-22)13-8-11(14(16,17)18)20-9-21-13/h1-2,7-9H,3-6H2. The molecule has 1 aliphatic rings. The number of hydrogen-bond acceptors (Lipinski definition) is 5. The average molecular weight is 327 g/mol. The lowest BCUT2D eigenvalue weighted by Crippen LogP contribution is -2.47. The summed E-state index contributed by atoms with van der Waals surface area (Å²) in [6.07, 6.45) is -2.19. The summed E-state index contributed by atoms with van der Waals surface area (Å²) in [5.74, 6) is -0.316. The van der Waals surface area contributed by atoms with Gasteiger partial charge >= 0.3 is 6.18 Å². The van der Waals surface area contributed by atoms with Crippen LogP contribution in [0.3, 0.4) is 0 Å². The number of piperazine rings is 1. The number of nitrogens with zero attached hydrogens (tertiary/aromatic N) is 5. The van der Waals surface area contributed by atoms with Gasteiger partial charge in [0.25, 0.3) is 0 Å². The summed E-state index contributed by atoms with van der Waals surface area (Å²) in [4.78, 5) is 14.4. The van der Waals surface area contributed by atoms with Crippen molar-refractivity contribution in [2.24, 2.45) is 0 Å². The Morgan fingerprint density at radius 3 is 2.26 bits per heavy atom. The molecule has 3 rings (SSSR count). The van der Waals surface area contributed by atoms with E-state index >= 15 is 0 Å². The van der Waals surface area contributed by atoms with Crippen LogP contribution in [0.15, 0.2) is 30.7 Å². The number of anilines is 2. The number of halogens is 4. The molecule has 9 heteroatoms. The number of hydrogen-bond donors (Lipinski definition) is 0. The lowest BCUT2D eigenvalue weighted by Gasteiger charge is -2.36. The summed E-state index contributed by atoms with van der Waals surface area (Å²) in [6.45, 7) is 2.07. The van der Waals surface area contributed by atoms with E-state index in [0.717, 1.165) is 12.4 Å². The Labute approximate surface area is 129 Å². The first kappa shape index (κ1) is 15.4. The highest BCUT2D eigenvalue weighted by Crippen LogP contribution is 2.29. The van der Waals surface area contributed by atoms with Crippen molar-refractivity contribution in [2.75, 3.05) is 36.0 Å². The Bertz CT molecular complexity index is 683. The highest BCUT2D eigenvalue weighted by atomic mass is 19.4. The highest BCUT2D eigenvalue weighted by Gasteiger charge is 2.33. The first-order valence-corrected chi connectivity index (χ1v) is 6.94. The number of rotatable bonds is 2. The molecule has 0 N–H and O–H groups in total. The predicted octanol–water partition coefficient (Wildman–Crippen LogP) is 2.36. The third kappa shape index (κ3) is 3.49. The molecular formula is C14H13F4N5. The monoisotopic (exact) mass is 327 g/mol. The minimum Gasteiger partial charge on any atom is -0.368 e. The van der Waals surface area contributed by atoms with Gasteiger partial charge in [0.05, 0.1) is 0 Å². The van der Waals surface area contributed by atoms with Crippen LogP contribution in [0.1, 0.15) is 5.69 Å². The molecule has 1 saturated heterocycles. The predicted molar refractivity (Wildman–Crippen MR) is 75.7 cm³/mol. The molecule has 1 aliphatic heterocycles. The third-order valence-electron chi connectivity index (χ3n) is 3.62. The summed E-state index contributed by atoms with van der Waals surface area (Å²) >= 11 is 0. The molecule has 0 aromatic carbocycles. The maximum absolute atomic E-state index is 13.1. The van der Waals surface area contributed by atoms with E-state index in [4.69, 9.17) is 0 Å².